The number of ether oxygens (including phenoxy) is 1. The summed E-state index contributed by atoms with van der Waals surface area (Å²) < 4.78 is 17.9. The number of hydrogen-bond acceptors (Lipinski definition) is 5. The first kappa shape index (κ1) is 13.8. The van der Waals surface area contributed by atoms with E-state index in [2.05, 4.69) is 5.32 Å². The minimum absolute atomic E-state index is 0.304. The van der Waals surface area contributed by atoms with E-state index in [4.69, 9.17) is 9.84 Å². The third-order valence-corrected chi connectivity index (χ3v) is 2.17. The first-order chi connectivity index (χ1) is 8.45. The molecule has 1 aromatic rings. The van der Waals surface area contributed by atoms with Crippen LogP contribution in [0.5, 0.6) is 5.75 Å². The average Bonchev–Trinajstić information content (AvgIpc) is 2.29. The molecule has 0 aromatic heterocycles. The molecule has 2 N–H and O–H groups in total. The average molecular weight is 258 g/mol. The zero-order valence-corrected chi connectivity index (χ0v) is 9.42. The number of benzene rings is 1. The number of carboxylic acid groups (broad SMARTS) is 1. The number of halogens is 1. The van der Waals surface area contributed by atoms with Gasteiger partial charge in [0.2, 0.25) is 0 Å². The fourth-order valence-electron chi connectivity index (χ4n) is 1.21. The maximum absolute atomic E-state index is 12.9. The quantitative estimate of drug-likeness (QED) is 0.577. The molecule has 1 atom stereocenters. The van der Waals surface area contributed by atoms with E-state index >= 15 is 0 Å². The number of likely N-dealkylation sites (N-methyl/N-ethyl adjacent to an activating group) is 1. The molecule has 0 fully saturated rings. The second kappa shape index (κ2) is 5.92. The van der Waals surface area contributed by atoms with Crippen molar-refractivity contribution in [1.82, 2.24) is 5.32 Å². The Labute approximate surface area is 101 Å². The van der Waals surface area contributed by atoms with E-state index in [1.165, 1.54) is 7.05 Å². The van der Waals surface area contributed by atoms with Crippen LogP contribution in [0.1, 0.15) is 0 Å². The van der Waals surface area contributed by atoms with Gasteiger partial charge in [-0.05, 0) is 13.1 Å². The number of nitrogens with zero attached hydrogens (tertiary/aromatic N) is 1. The lowest BCUT2D eigenvalue weighted by atomic mass is 10.3. The Balaban J connectivity index is 2.86. The van der Waals surface area contributed by atoms with Crippen LogP contribution >= 0.6 is 0 Å². The third-order valence-electron chi connectivity index (χ3n) is 2.17. The van der Waals surface area contributed by atoms with Crippen LogP contribution in [-0.2, 0) is 4.79 Å². The monoisotopic (exact) mass is 258 g/mol. The summed E-state index contributed by atoms with van der Waals surface area (Å²) in [6.45, 7) is -0.351. The Bertz CT molecular complexity index is 466. The maximum atomic E-state index is 12.9. The highest BCUT2D eigenvalue weighted by Gasteiger charge is 2.20. The van der Waals surface area contributed by atoms with Crippen LogP contribution in [0.25, 0.3) is 0 Å². The number of hydrogen-bond donors (Lipinski definition) is 2. The highest BCUT2D eigenvalue weighted by Crippen LogP contribution is 2.27. The normalized spacial score (nSPS) is 11.9. The minimum Gasteiger partial charge on any atom is -0.484 e. The van der Waals surface area contributed by atoms with Crippen molar-refractivity contribution in [2.75, 3.05) is 13.7 Å². The molecule has 0 aliphatic carbocycles. The maximum Gasteiger partial charge on any atom is 0.324 e. The summed E-state index contributed by atoms with van der Waals surface area (Å²) in [5, 5.41) is 21.8. The Morgan fingerprint density at radius 1 is 1.67 bits per heavy atom. The Kier molecular flexibility index (Phi) is 4.55. The summed E-state index contributed by atoms with van der Waals surface area (Å²) in [5.41, 5.74) is -0.420. The molecule has 7 nitrogen and oxygen atoms in total. The van der Waals surface area contributed by atoms with Crippen LogP contribution < -0.4 is 10.1 Å². The van der Waals surface area contributed by atoms with E-state index in [0.29, 0.717) is 0 Å². The third kappa shape index (κ3) is 3.39. The van der Waals surface area contributed by atoms with Gasteiger partial charge < -0.3 is 15.2 Å². The van der Waals surface area contributed by atoms with Crippen molar-refractivity contribution in [3.8, 4) is 5.75 Å². The predicted molar refractivity (Wildman–Crippen MR) is 59.0 cm³/mol. The Morgan fingerprint density at radius 3 is 2.83 bits per heavy atom. The summed E-state index contributed by atoms with van der Waals surface area (Å²) in [7, 11) is 1.40. The van der Waals surface area contributed by atoms with Gasteiger partial charge in [0.1, 0.15) is 18.5 Å². The van der Waals surface area contributed by atoms with Gasteiger partial charge >= 0.3 is 11.7 Å². The summed E-state index contributed by atoms with van der Waals surface area (Å²) in [6.07, 6.45) is 0. The van der Waals surface area contributed by atoms with Gasteiger partial charge in [0.05, 0.1) is 4.92 Å². The molecule has 8 heteroatoms. The van der Waals surface area contributed by atoms with Gasteiger partial charge in [-0.15, -0.1) is 0 Å². The van der Waals surface area contributed by atoms with E-state index in [9.17, 15) is 19.3 Å². The van der Waals surface area contributed by atoms with Gasteiger partial charge in [0.15, 0.2) is 5.75 Å². The second-order valence-corrected chi connectivity index (χ2v) is 3.36. The lowest BCUT2D eigenvalue weighted by Crippen LogP contribution is -2.39. The molecule has 1 aromatic carbocycles. The topological polar surface area (TPSA) is 102 Å². The molecule has 0 heterocycles. The predicted octanol–water partition coefficient (Wildman–Crippen LogP) is 0.785. The number of carbonyl (C=O) groups is 1. The second-order valence-electron chi connectivity index (χ2n) is 3.36. The first-order valence-electron chi connectivity index (χ1n) is 4.92. The molecule has 0 saturated carbocycles. The summed E-state index contributed by atoms with van der Waals surface area (Å²) in [5.74, 6) is -2.18. The molecule has 0 aliphatic heterocycles. The van der Waals surface area contributed by atoms with Crippen LogP contribution in [0.4, 0.5) is 10.1 Å². The van der Waals surface area contributed by atoms with E-state index < -0.39 is 28.4 Å². The Morgan fingerprint density at radius 2 is 2.33 bits per heavy atom. The largest absolute Gasteiger partial charge is 0.484 e. The SMILES string of the molecule is CNC(COc1cc(F)ccc1[N+](=O)[O-])C(=O)O. The van der Waals surface area contributed by atoms with Gasteiger partial charge in [-0.3, -0.25) is 14.9 Å². The highest BCUT2D eigenvalue weighted by molar-refractivity contribution is 5.73. The lowest BCUT2D eigenvalue weighted by Gasteiger charge is -2.12. The van der Waals surface area contributed by atoms with Crippen LogP contribution in [0.2, 0.25) is 0 Å². The molecule has 1 rings (SSSR count). The van der Waals surface area contributed by atoms with Crippen molar-refractivity contribution in [1.29, 1.82) is 0 Å². The molecule has 18 heavy (non-hydrogen) atoms. The number of rotatable bonds is 6. The summed E-state index contributed by atoms with van der Waals surface area (Å²) in [4.78, 5) is 20.6. The van der Waals surface area contributed by atoms with Crippen molar-refractivity contribution in [3.05, 3.63) is 34.1 Å². The molecule has 1 unspecified atom stereocenters. The van der Waals surface area contributed by atoms with Crippen molar-refractivity contribution in [3.63, 3.8) is 0 Å². The number of nitro groups is 1. The van der Waals surface area contributed by atoms with E-state index in [-0.39, 0.29) is 12.4 Å². The molecule has 0 saturated heterocycles. The molecule has 0 spiro atoms. The van der Waals surface area contributed by atoms with Crippen LogP contribution in [0.3, 0.4) is 0 Å². The van der Waals surface area contributed by atoms with E-state index in [1.54, 1.807) is 0 Å². The lowest BCUT2D eigenvalue weighted by molar-refractivity contribution is -0.385. The van der Waals surface area contributed by atoms with Gasteiger partial charge in [-0.2, -0.15) is 0 Å². The molecular weight excluding hydrogens is 247 g/mol. The summed E-state index contributed by atoms with van der Waals surface area (Å²) >= 11 is 0. The van der Waals surface area contributed by atoms with E-state index in [0.717, 1.165) is 18.2 Å². The standard InChI is InChI=1S/C10H11FN2O5/c1-12-7(10(14)15)5-18-9-4-6(11)2-3-8(9)13(16)17/h2-4,7,12H,5H2,1H3,(H,14,15). The zero-order valence-electron chi connectivity index (χ0n) is 9.42. The highest BCUT2D eigenvalue weighted by atomic mass is 19.1. The summed E-state index contributed by atoms with van der Waals surface area (Å²) in [6, 6.07) is 1.69. The van der Waals surface area contributed by atoms with Gasteiger partial charge in [-0.25, -0.2) is 4.39 Å². The first-order valence-corrected chi connectivity index (χ1v) is 4.92. The smallest absolute Gasteiger partial charge is 0.324 e. The van der Waals surface area contributed by atoms with E-state index in [1.807, 2.05) is 0 Å². The van der Waals surface area contributed by atoms with Crippen molar-refractivity contribution >= 4 is 11.7 Å². The van der Waals surface area contributed by atoms with Crippen LogP contribution in [0, 0.1) is 15.9 Å². The Hall–Kier alpha value is -2.22. The molecular formula is C10H11FN2O5. The molecule has 0 aliphatic rings. The van der Waals surface area contributed by atoms with Gasteiger partial charge in [-0.1, -0.05) is 0 Å². The van der Waals surface area contributed by atoms with Crippen LogP contribution in [-0.4, -0.2) is 35.7 Å². The minimum atomic E-state index is -1.17. The van der Waals surface area contributed by atoms with Crippen molar-refractivity contribution in [2.24, 2.45) is 0 Å². The van der Waals surface area contributed by atoms with Crippen molar-refractivity contribution in [2.45, 2.75) is 6.04 Å². The fraction of sp³-hybridized carbons (Fsp3) is 0.300. The van der Waals surface area contributed by atoms with Crippen LogP contribution in [0.15, 0.2) is 18.2 Å². The molecule has 0 radical (unpaired) electrons. The number of carboxylic acids is 1. The molecule has 0 amide bonds. The number of nitrogens with one attached hydrogen (secondary N) is 1. The number of aliphatic carboxylic acids is 1. The fourth-order valence-corrected chi connectivity index (χ4v) is 1.21. The number of nitro benzene ring substituents is 1. The van der Waals surface area contributed by atoms with Gasteiger partial charge in [0, 0.05) is 12.1 Å². The zero-order chi connectivity index (χ0) is 13.7. The molecule has 98 valence electrons. The molecule has 0 bridgehead atoms. The van der Waals surface area contributed by atoms with Gasteiger partial charge in [0.25, 0.3) is 0 Å². The van der Waals surface area contributed by atoms with Crippen molar-refractivity contribution < 1.29 is 24.0 Å².